The van der Waals surface area contributed by atoms with Crippen LogP contribution in [0.5, 0.6) is 0 Å². The van der Waals surface area contributed by atoms with E-state index in [1.807, 2.05) is 0 Å². The highest BCUT2D eigenvalue weighted by Gasteiger charge is 2.40. The molecule has 0 aromatic heterocycles. The van der Waals surface area contributed by atoms with Crippen LogP contribution >= 0.6 is 11.6 Å². The Morgan fingerprint density at radius 1 is 1.38 bits per heavy atom. The standard InChI is InChI=1S/C14H15ClN2O3S/c1-9(2)8-13-10(3)16-17(14(13)18)21(19,20)12-6-4-11(15)5-7-12/h4-7,13H,1,8H2,2-3H3/t13-/m1/s1. The molecule has 1 atom stereocenters. The van der Waals surface area contributed by atoms with Gasteiger partial charge in [0.2, 0.25) is 0 Å². The SMILES string of the molecule is C=C(C)C[C@H]1C(=O)N(S(=O)(=O)c2ccc(Cl)cc2)N=C1C. The maximum absolute atomic E-state index is 12.5. The lowest BCUT2D eigenvalue weighted by atomic mass is 9.97. The third-order valence-electron chi connectivity index (χ3n) is 3.13. The molecule has 1 aliphatic rings. The minimum Gasteiger partial charge on any atom is -0.271 e. The van der Waals surface area contributed by atoms with Gasteiger partial charge in [-0.3, -0.25) is 4.79 Å². The highest BCUT2D eigenvalue weighted by molar-refractivity contribution is 7.89. The summed E-state index contributed by atoms with van der Waals surface area (Å²) in [6.07, 6.45) is 0.390. The molecule has 1 aromatic carbocycles. The Morgan fingerprint density at radius 2 is 1.95 bits per heavy atom. The number of hydrogen-bond donors (Lipinski definition) is 0. The second kappa shape index (κ2) is 5.61. The average molecular weight is 327 g/mol. The highest BCUT2D eigenvalue weighted by Crippen LogP contribution is 2.28. The fourth-order valence-electron chi connectivity index (χ4n) is 2.04. The van der Waals surface area contributed by atoms with E-state index in [0.717, 1.165) is 5.57 Å². The van der Waals surface area contributed by atoms with E-state index in [9.17, 15) is 13.2 Å². The molecule has 1 amide bonds. The highest BCUT2D eigenvalue weighted by atomic mass is 35.5. The van der Waals surface area contributed by atoms with Gasteiger partial charge in [0.15, 0.2) is 0 Å². The van der Waals surface area contributed by atoms with E-state index in [1.165, 1.54) is 24.3 Å². The summed E-state index contributed by atoms with van der Waals surface area (Å²) in [5, 5.41) is 4.33. The molecule has 1 heterocycles. The number of halogens is 1. The van der Waals surface area contributed by atoms with Crippen molar-refractivity contribution >= 4 is 33.2 Å². The molecule has 7 heteroatoms. The van der Waals surface area contributed by atoms with Crippen LogP contribution in [0, 0.1) is 5.92 Å². The fourth-order valence-corrected chi connectivity index (χ4v) is 3.44. The molecule has 1 aliphatic heterocycles. The van der Waals surface area contributed by atoms with Crippen LogP contribution < -0.4 is 0 Å². The fraction of sp³-hybridized carbons (Fsp3) is 0.286. The molecular formula is C14H15ClN2O3S. The first-order valence-electron chi connectivity index (χ1n) is 6.27. The second-order valence-corrected chi connectivity index (χ2v) is 7.20. The quantitative estimate of drug-likeness (QED) is 0.799. The number of benzene rings is 1. The van der Waals surface area contributed by atoms with Gasteiger partial charge in [-0.2, -0.15) is 13.5 Å². The van der Waals surface area contributed by atoms with Crippen LogP contribution in [-0.2, 0) is 14.8 Å². The Balaban J connectivity index is 2.36. The number of nitrogens with zero attached hydrogens (tertiary/aromatic N) is 2. The molecule has 0 bridgehead atoms. The molecule has 0 saturated heterocycles. The molecule has 21 heavy (non-hydrogen) atoms. The molecule has 0 aliphatic carbocycles. The number of rotatable bonds is 4. The Labute approximate surface area is 129 Å². The zero-order chi connectivity index (χ0) is 15.8. The average Bonchev–Trinajstić information content (AvgIpc) is 2.67. The molecule has 0 radical (unpaired) electrons. The van der Waals surface area contributed by atoms with Crippen molar-refractivity contribution in [2.24, 2.45) is 11.0 Å². The van der Waals surface area contributed by atoms with E-state index >= 15 is 0 Å². The van der Waals surface area contributed by atoms with Crippen LogP contribution in [0.2, 0.25) is 5.02 Å². The smallest absolute Gasteiger partial charge is 0.271 e. The van der Waals surface area contributed by atoms with E-state index in [2.05, 4.69) is 11.7 Å². The van der Waals surface area contributed by atoms with Gasteiger partial charge in [-0.15, -0.1) is 11.0 Å². The molecule has 2 rings (SSSR count). The summed E-state index contributed by atoms with van der Waals surface area (Å²) in [6.45, 7) is 7.18. The van der Waals surface area contributed by atoms with Crippen molar-refractivity contribution in [3.05, 3.63) is 41.4 Å². The van der Waals surface area contributed by atoms with Crippen molar-refractivity contribution in [1.82, 2.24) is 4.41 Å². The predicted octanol–water partition coefficient (Wildman–Crippen LogP) is 2.83. The van der Waals surface area contributed by atoms with Gasteiger partial charge in [0.05, 0.1) is 10.8 Å². The minimum atomic E-state index is -4.00. The number of hydrazone groups is 1. The number of carbonyl (C=O) groups excluding carboxylic acids is 1. The number of amides is 1. The predicted molar refractivity (Wildman–Crippen MR) is 81.5 cm³/mol. The van der Waals surface area contributed by atoms with Crippen molar-refractivity contribution < 1.29 is 13.2 Å². The van der Waals surface area contributed by atoms with Gasteiger partial charge < -0.3 is 0 Å². The third kappa shape index (κ3) is 3.01. The molecule has 1 aromatic rings. The van der Waals surface area contributed by atoms with Gasteiger partial charge >= 0.3 is 0 Å². The first-order valence-corrected chi connectivity index (χ1v) is 8.09. The van der Waals surface area contributed by atoms with Gasteiger partial charge in [0, 0.05) is 10.7 Å². The zero-order valence-corrected chi connectivity index (χ0v) is 13.3. The van der Waals surface area contributed by atoms with E-state index < -0.39 is 21.8 Å². The van der Waals surface area contributed by atoms with Gasteiger partial charge in [0.1, 0.15) is 0 Å². The summed E-state index contributed by atoms with van der Waals surface area (Å²) in [4.78, 5) is 12.3. The Bertz CT molecular complexity index is 723. The molecular weight excluding hydrogens is 312 g/mol. The third-order valence-corrected chi connectivity index (χ3v) is 4.97. The van der Waals surface area contributed by atoms with Crippen LogP contribution in [-0.4, -0.2) is 24.5 Å². The van der Waals surface area contributed by atoms with E-state index in [-0.39, 0.29) is 4.90 Å². The Hall–Kier alpha value is -1.66. The monoisotopic (exact) mass is 326 g/mol. The molecule has 0 saturated carbocycles. The molecule has 112 valence electrons. The summed E-state index contributed by atoms with van der Waals surface area (Å²) in [6, 6.07) is 5.61. The summed E-state index contributed by atoms with van der Waals surface area (Å²) >= 11 is 5.74. The maximum Gasteiger partial charge on any atom is 0.286 e. The molecule has 0 unspecified atom stereocenters. The van der Waals surface area contributed by atoms with E-state index in [1.54, 1.807) is 13.8 Å². The van der Waals surface area contributed by atoms with Gasteiger partial charge in [0.25, 0.3) is 15.9 Å². The Morgan fingerprint density at radius 3 is 2.48 bits per heavy atom. The molecule has 0 N–H and O–H groups in total. The number of hydrogen-bond acceptors (Lipinski definition) is 4. The largest absolute Gasteiger partial charge is 0.286 e. The van der Waals surface area contributed by atoms with Crippen molar-refractivity contribution in [1.29, 1.82) is 0 Å². The van der Waals surface area contributed by atoms with Crippen molar-refractivity contribution in [2.45, 2.75) is 25.2 Å². The summed E-state index contributed by atoms with van der Waals surface area (Å²) in [7, 11) is -4.00. The first-order chi connectivity index (χ1) is 9.73. The molecule has 0 fully saturated rings. The summed E-state index contributed by atoms with van der Waals surface area (Å²) in [5.41, 5.74) is 1.27. The van der Waals surface area contributed by atoms with Crippen LogP contribution in [0.1, 0.15) is 20.3 Å². The van der Waals surface area contributed by atoms with Crippen molar-refractivity contribution in [3.8, 4) is 0 Å². The molecule has 5 nitrogen and oxygen atoms in total. The first kappa shape index (κ1) is 15.7. The van der Waals surface area contributed by atoms with Crippen LogP contribution in [0.4, 0.5) is 0 Å². The Kier molecular flexibility index (Phi) is 4.20. The van der Waals surface area contributed by atoms with Crippen LogP contribution in [0.15, 0.2) is 46.4 Å². The maximum atomic E-state index is 12.5. The lowest BCUT2D eigenvalue weighted by molar-refractivity contribution is -0.127. The van der Waals surface area contributed by atoms with Crippen molar-refractivity contribution in [2.75, 3.05) is 0 Å². The van der Waals surface area contributed by atoms with E-state index in [4.69, 9.17) is 11.6 Å². The lowest BCUT2D eigenvalue weighted by Crippen LogP contribution is -2.32. The lowest BCUT2D eigenvalue weighted by Gasteiger charge is -2.14. The zero-order valence-electron chi connectivity index (χ0n) is 11.7. The number of allylic oxidation sites excluding steroid dienone is 1. The number of sulfonamides is 1. The van der Waals surface area contributed by atoms with Crippen LogP contribution in [0.3, 0.4) is 0 Å². The second-order valence-electron chi connectivity index (χ2n) is 5.00. The summed E-state index contributed by atoms with van der Waals surface area (Å²) in [5.74, 6) is -1.12. The summed E-state index contributed by atoms with van der Waals surface area (Å²) < 4.78 is 25.5. The molecule has 0 spiro atoms. The number of carbonyl (C=O) groups is 1. The van der Waals surface area contributed by atoms with Crippen LogP contribution in [0.25, 0.3) is 0 Å². The van der Waals surface area contributed by atoms with Crippen molar-refractivity contribution in [3.63, 3.8) is 0 Å². The van der Waals surface area contributed by atoms with Gasteiger partial charge in [-0.1, -0.05) is 17.2 Å². The normalized spacial score (nSPS) is 18.8. The topological polar surface area (TPSA) is 66.8 Å². The van der Waals surface area contributed by atoms with Gasteiger partial charge in [-0.05, 0) is 44.5 Å². The van der Waals surface area contributed by atoms with E-state index in [0.29, 0.717) is 21.6 Å². The van der Waals surface area contributed by atoms with Gasteiger partial charge in [-0.25, -0.2) is 0 Å². The minimum absolute atomic E-state index is 0.0206.